The predicted molar refractivity (Wildman–Crippen MR) is 121 cm³/mol. The number of halogens is 2. The Labute approximate surface area is 191 Å². The fourth-order valence-electron chi connectivity index (χ4n) is 4.79. The maximum atomic E-state index is 13.5. The van der Waals surface area contributed by atoms with Gasteiger partial charge in [0.15, 0.2) is 0 Å². The topological polar surface area (TPSA) is 58.5 Å². The van der Waals surface area contributed by atoms with Gasteiger partial charge in [-0.25, -0.2) is 13.5 Å². The number of aromatic nitrogens is 3. The molecule has 1 spiro atoms. The minimum Gasteiger partial charge on any atom is -0.372 e. The van der Waals surface area contributed by atoms with Crippen LogP contribution in [0.5, 0.6) is 0 Å². The summed E-state index contributed by atoms with van der Waals surface area (Å²) in [6, 6.07) is 10.1. The van der Waals surface area contributed by atoms with E-state index in [9.17, 15) is 8.78 Å². The first-order valence-electron chi connectivity index (χ1n) is 11.3. The number of hydrogen-bond acceptors (Lipinski definition) is 6. The van der Waals surface area contributed by atoms with Gasteiger partial charge in [-0.2, -0.15) is 4.98 Å². The molecule has 1 aromatic heterocycles. The van der Waals surface area contributed by atoms with E-state index in [1.165, 1.54) is 36.0 Å². The van der Waals surface area contributed by atoms with Crippen LogP contribution in [0.3, 0.4) is 0 Å². The fourth-order valence-corrected chi connectivity index (χ4v) is 4.79. The van der Waals surface area contributed by atoms with Crippen molar-refractivity contribution >= 4 is 17.3 Å². The Morgan fingerprint density at radius 2 is 1.82 bits per heavy atom. The summed E-state index contributed by atoms with van der Waals surface area (Å²) in [6.07, 6.45) is 3.83. The highest BCUT2D eigenvalue weighted by Gasteiger charge is 2.49. The average Bonchev–Trinajstić information content (AvgIpc) is 3.28. The van der Waals surface area contributed by atoms with E-state index in [2.05, 4.69) is 44.3 Å². The first-order valence-corrected chi connectivity index (χ1v) is 11.3. The van der Waals surface area contributed by atoms with Crippen LogP contribution >= 0.6 is 0 Å². The highest BCUT2D eigenvalue weighted by molar-refractivity contribution is 5.65. The second-order valence-corrected chi connectivity index (χ2v) is 9.38. The minimum absolute atomic E-state index is 0.160. The average molecular weight is 453 g/mol. The number of hydrogen-bond donors (Lipinski definition) is 1. The lowest BCUT2D eigenvalue weighted by atomic mass is 10.0. The number of nitrogens with one attached hydrogen (secondary N) is 1. The third-order valence-electron chi connectivity index (χ3n) is 6.75. The quantitative estimate of drug-likeness (QED) is 0.638. The van der Waals surface area contributed by atoms with E-state index >= 15 is 0 Å². The molecule has 1 aliphatic carbocycles. The van der Waals surface area contributed by atoms with Crippen LogP contribution in [0.4, 0.5) is 26.1 Å². The Hall–Kier alpha value is -3.04. The molecule has 9 heteroatoms. The molecule has 1 N–H and O–H groups in total. The van der Waals surface area contributed by atoms with Gasteiger partial charge in [0.25, 0.3) is 0 Å². The lowest BCUT2D eigenvalue weighted by Gasteiger charge is -2.49. The number of anilines is 3. The largest absolute Gasteiger partial charge is 0.372 e. The first-order chi connectivity index (χ1) is 15.9. The molecule has 3 fully saturated rings. The molecule has 1 saturated carbocycles. The molecule has 3 aromatic rings. The molecule has 172 valence electrons. The summed E-state index contributed by atoms with van der Waals surface area (Å²) in [7, 11) is 0. The minimum atomic E-state index is -0.657. The van der Waals surface area contributed by atoms with Crippen LogP contribution in [0.15, 0.2) is 42.7 Å². The van der Waals surface area contributed by atoms with Crippen molar-refractivity contribution < 1.29 is 13.5 Å². The van der Waals surface area contributed by atoms with Gasteiger partial charge in [-0.3, -0.25) is 4.90 Å². The lowest BCUT2D eigenvalue weighted by Crippen LogP contribution is -2.63. The molecule has 2 aromatic carbocycles. The summed E-state index contributed by atoms with van der Waals surface area (Å²) < 4.78 is 34.4. The van der Waals surface area contributed by atoms with Crippen molar-refractivity contribution in [2.75, 3.05) is 43.0 Å². The van der Waals surface area contributed by atoms with Crippen molar-refractivity contribution in [3.8, 4) is 5.69 Å². The maximum absolute atomic E-state index is 13.5. The van der Waals surface area contributed by atoms with Crippen molar-refractivity contribution in [2.24, 2.45) is 0 Å². The molecular weight excluding hydrogens is 426 g/mol. The number of ether oxygens (including phenoxy) is 1. The van der Waals surface area contributed by atoms with Crippen molar-refractivity contribution in [3.63, 3.8) is 0 Å². The summed E-state index contributed by atoms with van der Waals surface area (Å²) in [6.45, 7) is 7.01. The molecule has 0 unspecified atom stereocenters. The molecular formula is C24H26F2N6O. The van der Waals surface area contributed by atoms with Crippen LogP contribution in [0.2, 0.25) is 0 Å². The summed E-state index contributed by atoms with van der Waals surface area (Å²) in [5.41, 5.74) is 3.61. The van der Waals surface area contributed by atoms with E-state index in [4.69, 9.17) is 4.74 Å². The number of aryl methyl sites for hydroxylation is 1. The van der Waals surface area contributed by atoms with E-state index < -0.39 is 11.6 Å². The molecule has 2 saturated heterocycles. The normalized spacial score (nSPS) is 20.2. The van der Waals surface area contributed by atoms with Crippen LogP contribution in [-0.4, -0.2) is 64.1 Å². The van der Waals surface area contributed by atoms with Crippen molar-refractivity contribution in [1.29, 1.82) is 0 Å². The van der Waals surface area contributed by atoms with Gasteiger partial charge in [0.2, 0.25) is 5.95 Å². The zero-order valence-electron chi connectivity index (χ0n) is 18.5. The summed E-state index contributed by atoms with van der Waals surface area (Å²) in [5.74, 6) is -0.952. The molecule has 3 heterocycles. The van der Waals surface area contributed by atoms with Crippen LogP contribution < -0.4 is 10.2 Å². The Kier molecular flexibility index (Phi) is 4.84. The van der Waals surface area contributed by atoms with Crippen LogP contribution in [0, 0.1) is 18.6 Å². The Bertz CT molecular complexity index is 1170. The van der Waals surface area contributed by atoms with Gasteiger partial charge < -0.3 is 15.0 Å². The third kappa shape index (κ3) is 4.18. The molecule has 6 rings (SSSR count). The molecule has 3 aliphatic rings. The second-order valence-electron chi connectivity index (χ2n) is 9.38. The Morgan fingerprint density at radius 3 is 2.58 bits per heavy atom. The SMILES string of the molecule is Cc1cc(Nc2ncn(-c3cc(F)cc(F)c3)n2)cc(N2CC(N3CCOC4(CC4)C3)C2)c1. The molecule has 0 bridgehead atoms. The van der Waals surface area contributed by atoms with Gasteiger partial charge in [-0.05, 0) is 55.7 Å². The third-order valence-corrected chi connectivity index (χ3v) is 6.75. The number of nitrogens with zero attached hydrogens (tertiary/aromatic N) is 5. The van der Waals surface area contributed by atoms with Crippen LogP contribution in [0.1, 0.15) is 18.4 Å². The zero-order valence-corrected chi connectivity index (χ0v) is 18.5. The highest BCUT2D eigenvalue weighted by Crippen LogP contribution is 2.43. The van der Waals surface area contributed by atoms with Gasteiger partial charge >= 0.3 is 0 Å². The van der Waals surface area contributed by atoms with Crippen molar-refractivity contribution in [2.45, 2.75) is 31.4 Å². The first kappa shape index (κ1) is 20.6. The van der Waals surface area contributed by atoms with Gasteiger partial charge in [-0.1, -0.05) is 0 Å². The smallest absolute Gasteiger partial charge is 0.246 e. The van der Waals surface area contributed by atoms with Gasteiger partial charge in [0.05, 0.1) is 17.9 Å². The standard InChI is InChI=1S/C24H26F2N6O/c1-16-6-19(28-23-27-15-32(29-23)21-9-17(25)8-18(26)10-21)11-20(7-16)31-12-22(13-31)30-4-5-33-24(14-30)2-3-24/h6-11,15,22H,2-5,12-14H2,1H3,(H,28,29). The molecule has 2 aliphatic heterocycles. The molecule has 0 amide bonds. The van der Waals surface area contributed by atoms with Gasteiger partial charge in [0, 0.05) is 49.7 Å². The van der Waals surface area contributed by atoms with E-state index in [1.54, 1.807) is 0 Å². The second kappa shape index (κ2) is 7.78. The Balaban J connectivity index is 1.13. The van der Waals surface area contributed by atoms with Gasteiger partial charge in [-0.15, -0.1) is 5.10 Å². The summed E-state index contributed by atoms with van der Waals surface area (Å²) in [5, 5.41) is 7.54. The predicted octanol–water partition coefficient (Wildman–Crippen LogP) is 3.65. The maximum Gasteiger partial charge on any atom is 0.246 e. The lowest BCUT2D eigenvalue weighted by molar-refractivity contribution is -0.0630. The van der Waals surface area contributed by atoms with Crippen LogP contribution in [0.25, 0.3) is 5.69 Å². The van der Waals surface area contributed by atoms with Crippen LogP contribution in [-0.2, 0) is 4.74 Å². The zero-order chi connectivity index (χ0) is 22.6. The number of benzene rings is 2. The summed E-state index contributed by atoms with van der Waals surface area (Å²) in [4.78, 5) is 9.22. The van der Waals surface area contributed by atoms with E-state index in [1.807, 2.05) is 6.07 Å². The monoisotopic (exact) mass is 452 g/mol. The molecule has 7 nitrogen and oxygen atoms in total. The van der Waals surface area contributed by atoms with E-state index in [-0.39, 0.29) is 11.3 Å². The van der Waals surface area contributed by atoms with Crippen molar-refractivity contribution in [3.05, 3.63) is 59.9 Å². The van der Waals surface area contributed by atoms with E-state index in [0.29, 0.717) is 12.0 Å². The fraction of sp³-hybridized carbons (Fsp3) is 0.417. The van der Waals surface area contributed by atoms with Gasteiger partial charge in [0.1, 0.15) is 18.0 Å². The van der Waals surface area contributed by atoms with E-state index in [0.717, 1.165) is 55.8 Å². The molecule has 0 radical (unpaired) electrons. The summed E-state index contributed by atoms with van der Waals surface area (Å²) >= 11 is 0. The van der Waals surface area contributed by atoms with Crippen molar-refractivity contribution in [1.82, 2.24) is 19.7 Å². The molecule has 33 heavy (non-hydrogen) atoms. The number of rotatable bonds is 5. The highest BCUT2D eigenvalue weighted by atomic mass is 19.1. The molecule has 0 atom stereocenters. The number of morpholine rings is 1. The Morgan fingerprint density at radius 1 is 1.03 bits per heavy atom.